The zero-order valence-electron chi connectivity index (χ0n) is 6.75. The van der Waals surface area contributed by atoms with Crippen molar-refractivity contribution in [1.82, 2.24) is 0 Å². The highest BCUT2D eigenvalue weighted by molar-refractivity contribution is 7.81. The third-order valence-electron chi connectivity index (χ3n) is 1.24. The molecule has 0 fully saturated rings. The van der Waals surface area contributed by atoms with Crippen molar-refractivity contribution in [3.63, 3.8) is 0 Å². The molecule has 0 amide bonds. The molecule has 0 atom stereocenters. The summed E-state index contributed by atoms with van der Waals surface area (Å²) in [5, 5.41) is 15.5. The van der Waals surface area contributed by atoms with Gasteiger partial charge in [-0.2, -0.15) is 12.6 Å². The van der Waals surface area contributed by atoms with Crippen molar-refractivity contribution in [2.24, 2.45) is 0 Å². The molecule has 2 N–H and O–H groups in total. The molecule has 1 aromatic carbocycles. The van der Waals surface area contributed by atoms with Crippen LogP contribution in [0.3, 0.4) is 0 Å². The van der Waals surface area contributed by atoms with E-state index in [1.165, 1.54) is 0 Å². The summed E-state index contributed by atoms with van der Waals surface area (Å²) in [6.07, 6.45) is 0. The maximum absolute atomic E-state index is 10.9. The van der Waals surface area contributed by atoms with Crippen LogP contribution in [0.15, 0.2) is 30.3 Å². The summed E-state index contributed by atoms with van der Waals surface area (Å²) in [5.41, 5.74) is 0.734. The fourth-order valence-electron chi connectivity index (χ4n) is 0.715. The van der Waals surface area contributed by atoms with Crippen molar-refractivity contribution >= 4 is 18.4 Å². The molecule has 0 saturated carbocycles. The Morgan fingerprint density at radius 2 is 1.77 bits per heavy atom. The van der Waals surface area contributed by atoms with Gasteiger partial charge in [-0.1, -0.05) is 35.4 Å². The highest BCUT2D eigenvalue weighted by atomic mass is 32.1. The summed E-state index contributed by atoms with van der Waals surface area (Å²) in [6, 6.07) is 9.15. The summed E-state index contributed by atoms with van der Waals surface area (Å²) in [7, 11) is 0. The lowest BCUT2D eigenvalue weighted by Gasteiger charge is -1.93. The summed E-state index contributed by atoms with van der Waals surface area (Å²) >= 11 is 3.88. The first-order valence-corrected chi connectivity index (χ1v) is 4.03. The predicted molar refractivity (Wildman–Crippen MR) is 51.0 cm³/mol. The van der Waals surface area contributed by atoms with Crippen molar-refractivity contribution < 1.29 is 20.3 Å². The van der Waals surface area contributed by atoms with Gasteiger partial charge in [0.15, 0.2) is 5.78 Å². The average Bonchev–Trinajstić information content (AvgIpc) is 2.19. The molecular weight excluding hydrogens is 192 g/mol. The minimum Gasteiger partial charge on any atom is -0.293 e. The van der Waals surface area contributed by atoms with Crippen LogP contribution in [0.4, 0.5) is 0 Å². The van der Waals surface area contributed by atoms with E-state index in [0.29, 0.717) is 0 Å². The molecule has 0 aliphatic rings. The molecule has 0 bridgehead atoms. The Morgan fingerprint density at radius 1 is 1.31 bits per heavy atom. The van der Waals surface area contributed by atoms with Gasteiger partial charge < -0.3 is 0 Å². The van der Waals surface area contributed by atoms with Gasteiger partial charge in [-0.3, -0.25) is 4.79 Å². The maximum Gasteiger partial charge on any atom is 0.172 e. The predicted octanol–water partition coefficient (Wildman–Crippen LogP) is 1.75. The molecule has 0 saturated heterocycles. The molecule has 1 aromatic rings. The lowest BCUT2D eigenvalue weighted by molar-refractivity contribution is -0.465. The Kier molecular flexibility index (Phi) is 7.23. The second-order valence-electron chi connectivity index (χ2n) is 2.03. The Labute approximate surface area is 81.0 Å². The molecule has 0 radical (unpaired) electrons. The molecule has 4 nitrogen and oxygen atoms in total. The molecule has 0 aromatic heterocycles. The van der Waals surface area contributed by atoms with Crippen molar-refractivity contribution in [2.45, 2.75) is 0 Å². The van der Waals surface area contributed by atoms with Gasteiger partial charge in [0.1, 0.15) is 0 Å². The van der Waals surface area contributed by atoms with Crippen LogP contribution in [0.5, 0.6) is 0 Å². The Bertz CT molecular complexity index is 237. The molecule has 0 aliphatic heterocycles. The van der Waals surface area contributed by atoms with Gasteiger partial charge in [0.2, 0.25) is 0 Å². The van der Waals surface area contributed by atoms with Crippen LogP contribution in [0, 0.1) is 0 Å². The van der Waals surface area contributed by atoms with Crippen molar-refractivity contribution in [3.8, 4) is 0 Å². The van der Waals surface area contributed by atoms with E-state index in [1.54, 1.807) is 12.1 Å². The Balaban J connectivity index is 0.000000424. The molecule has 0 heterocycles. The van der Waals surface area contributed by atoms with Crippen molar-refractivity contribution in [1.29, 1.82) is 0 Å². The van der Waals surface area contributed by atoms with Crippen LogP contribution < -0.4 is 0 Å². The summed E-state index contributed by atoms with van der Waals surface area (Å²) in [4.78, 5) is 10.9. The smallest absolute Gasteiger partial charge is 0.172 e. The summed E-state index contributed by atoms with van der Waals surface area (Å²) in [6.45, 7) is 0. The number of benzene rings is 1. The van der Waals surface area contributed by atoms with Crippen LogP contribution >= 0.6 is 12.6 Å². The molecule has 72 valence electrons. The maximum atomic E-state index is 10.9. The fraction of sp³-hybridized carbons (Fsp3) is 0.125. The second kappa shape index (κ2) is 7.75. The molecule has 0 spiro atoms. The van der Waals surface area contributed by atoms with Crippen molar-refractivity contribution in [2.75, 3.05) is 5.75 Å². The van der Waals surface area contributed by atoms with Gasteiger partial charge in [-0.05, 0) is 0 Å². The number of thiol groups is 1. The average molecular weight is 202 g/mol. The molecule has 0 aliphatic carbocycles. The number of carbonyl (C=O) groups excluding carboxylic acids is 1. The Hall–Kier alpha value is -0.880. The van der Waals surface area contributed by atoms with Crippen LogP contribution in [0.2, 0.25) is 0 Å². The fourth-order valence-corrected chi connectivity index (χ4v) is 0.898. The van der Waals surface area contributed by atoms with Crippen LogP contribution in [-0.2, 0) is 5.04 Å². The lowest BCUT2D eigenvalue weighted by atomic mass is 10.2. The van der Waals surface area contributed by atoms with Crippen LogP contribution in [0.1, 0.15) is 10.4 Å². The van der Waals surface area contributed by atoms with E-state index in [0.717, 1.165) is 5.56 Å². The zero-order chi connectivity index (χ0) is 10.1. The molecule has 13 heavy (non-hydrogen) atoms. The molecule has 1 rings (SSSR count). The lowest BCUT2D eigenvalue weighted by Crippen LogP contribution is -1.98. The third-order valence-corrected chi connectivity index (χ3v) is 1.53. The first kappa shape index (κ1) is 12.1. The first-order valence-electron chi connectivity index (χ1n) is 3.40. The number of hydrogen-bond donors (Lipinski definition) is 3. The first-order chi connectivity index (χ1) is 6.26. The number of Topliss-reactive ketones (excluding diaryl/α,β-unsaturated/α-hetero) is 1. The highest BCUT2D eigenvalue weighted by Gasteiger charge is 1.99. The number of hydrogen-bond acceptors (Lipinski definition) is 5. The van der Waals surface area contributed by atoms with Crippen molar-refractivity contribution in [3.05, 3.63) is 35.9 Å². The van der Waals surface area contributed by atoms with Gasteiger partial charge >= 0.3 is 0 Å². The number of ketones is 1. The second-order valence-corrected chi connectivity index (χ2v) is 2.35. The number of rotatable bonds is 2. The Morgan fingerprint density at radius 3 is 2.15 bits per heavy atom. The summed E-state index contributed by atoms with van der Waals surface area (Å²) in [5.74, 6) is 0.355. The number of carbonyl (C=O) groups is 1. The minimum absolute atomic E-state index is 0.0731. The van der Waals surface area contributed by atoms with E-state index in [9.17, 15) is 4.79 Å². The topological polar surface area (TPSA) is 66.8 Å². The van der Waals surface area contributed by atoms with Gasteiger partial charge in [-0.25, -0.2) is 10.5 Å². The van der Waals surface area contributed by atoms with E-state index in [1.807, 2.05) is 18.2 Å². The van der Waals surface area contributed by atoms with E-state index in [4.69, 9.17) is 10.5 Å². The van der Waals surface area contributed by atoms with E-state index in [2.05, 4.69) is 17.7 Å². The highest BCUT2D eigenvalue weighted by Crippen LogP contribution is 1.99. The van der Waals surface area contributed by atoms with E-state index >= 15 is 0 Å². The molecule has 0 unspecified atom stereocenters. The van der Waals surface area contributed by atoms with Gasteiger partial charge in [0.05, 0.1) is 5.75 Å². The molecule has 5 heteroatoms. The van der Waals surface area contributed by atoms with Gasteiger partial charge in [0, 0.05) is 5.56 Å². The van der Waals surface area contributed by atoms with Gasteiger partial charge in [0.25, 0.3) is 0 Å². The quantitative estimate of drug-likeness (QED) is 0.296. The van der Waals surface area contributed by atoms with E-state index in [-0.39, 0.29) is 11.5 Å². The van der Waals surface area contributed by atoms with Crippen LogP contribution in [0.25, 0.3) is 0 Å². The molecular formula is C8H10O4S. The monoisotopic (exact) mass is 202 g/mol. The minimum atomic E-state index is 0.0731. The van der Waals surface area contributed by atoms with Crippen LogP contribution in [-0.4, -0.2) is 22.1 Å². The normalized spacial score (nSPS) is 8.54. The SMILES string of the molecule is O=C(CS)c1ccccc1.OOO. The zero-order valence-corrected chi connectivity index (χ0v) is 7.65. The van der Waals surface area contributed by atoms with Gasteiger partial charge in [-0.15, -0.1) is 0 Å². The standard InChI is InChI=1S/C8H8OS.H2O3/c9-8(6-10)7-4-2-1-3-5-7;1-3-2/h1-5,10H,6H2;1-2H. The third kappa shape index (κ3) is 5.37. The van der Waals surface area contributed by atoms with E-state index < -0.39 is 0 Å². The largest absolute Gasteiger partial charge is 0.293 e. The summed E-state index contributed by atoms with van der Waals surface area (Å²) < 4.78 is 0.